The molecule has 2 rings (SSSR count). The zero-order chi connectivity index (χ0) is 16.7. The van der Waals surface area contributed by atoms with Gasteiger partial charge < -0.3 is 5.73 Å². The van der Waals surface area contributed by atoms with Gasteiger partial charge in [0.15, 0.2) is 0 Å². The number of unbranched alkanes of at least 4 members (excludes halogenated alkanes) is 1. The zero-order valence-electron chi connectivity index (χ0n) is 13.7. The van der Waals surface area contributed by atoms with Gasteiger partial charge in [-0.15, -0.1) is 0 Å². The summed E-state index contributed by atoms with van der Waals surface area (Å²) in [6.45, 7) is 4.74. The molecule has 0 unspecified atom stereocenters. The van der Waals surface area contributed by atoms with Gasteiger partial charge in [-0.1, -0.05) is 31.9 Å². The number of nitrogens with zero attached hydrogens (tertiary/aromatic N) is 3. The van der Waals surface area contributed by atoms with Crippen LogP contribution in [0.2, 0.25) is 5.02 Å². The van der Waals surface area contributed by atoms with Crippen molar-refractivity contribution >= 4 is 23.5 Å². The monoisotopic (exact) mass is 330 g/mol. The van der Waals surface area contributed by atoms with Crippen LogP contribution in [0.15, 0.2) is 29.5 Å². The second-order valence-electron chi connectivity index (χ2n) is 5.46. The zero-order valence-corrected chi connectivity index (χ0v) is 14.5. The van der Waals surface area contributed by atoms with Gasteiger partial charge in [0.2, 0.25) is 0 Å². The number of nitrogen functional groups attached to an aromatic ring is 1. The van der Waals surface area contributed by atoms with Crippen LogP contribution in [0.25, 0.3) is 0 Å². The highest BCUT2D eigenvalue weighted by molar-refractivity contribution is 6.31. The van der Waals surface area contributed by atoms with Crippen LogP contribution in [-0.2, 0) is 19.4 Å². The van der Waals surface area contributed by atoms with Gasteiger partial charge in [0.1, 0.15) is 0 Å². The van der Waals surface area contributed by atoms with Gasteiger partial charge >= 0.3 is 0 Å². The molecule has 2 heterocycles. The van der Waals surface area contributed by atoms with E-state index in [0.29, 0.717) is 12.2 Å². The molecular weight excluding hydrogens is 308 g/mol. The van der Waals surface area contributed by atoms with Crippen molar-refractivity contribution in [2.45, 2.75) is 46.1 Å². The van der Waals surface area contributed by atoms with Crippen molar-refractivity contribution in [2.75, 3.05) is 5.73 Å². The van der Waals surface area contributed by atoms with Gasteiger partial charge in [-0.3, -0.25) is 15.0 Å². The van der Waals surface area contributed by atoms with Crippen LogP contribution in [0.5, 0.6) is 0 Å². The first-order valence-electron chi connectivity index (χ1n) is 8.02. The van der Waals surface area contributed by atoms with E-state index in [1.807, 2.05) is 12.3 Å². The molecule has 0 saturated heterocycles. The Hall–Kier alpha value is -1.94. The quantitative estimate of drug-likeness (QED) is 0.772. The van der Waals surface area contributed by atoms with Gasteiger partial charge in [-0.25, -0.2) is 0 Å². The predicted octanol–water partition coefficient (Wildman–Crippen LogP) is 4.24. The Morgan fingerprint density at radius 1 is 1.26 bits per heavy atom. The van der Waals surface area contributed by atoms with E-state index in [1.165, 1.54) is 0 Å². The van der Waals surface area contributed by atoms with E-state index in [4.69, 9.17) is 17.3 Å². The Labute approximate surface area is 142 Å². The van der Waals surface area contributed by atoms with Crippen molar-refractivity contribution in [1.29, 1.82) is 0 Å². The molecule has 0 fully saturated rings. The Kier molecular flexibility index (Phi) is 6.53. The molecule has 2 N–H and O–H groups in total. The molecule has 23 heavy (non-hydrogen) atoms. The summed E-state index contributed by atoms with van der Waals surface area (Å²) in [6, 6.07) is 3.74. The Morgan fingerprint density at radius 2 is 2.09 bits per heavy atom. The molecule has 2 aromatic rings. The minimum Gasteiger partial charge on any atom is -0.398 e. The molecule has 0 radical (unpaired) electrons. The summed E-state index contributed by atoms with van der Waals surface area (Å²) in [5, 5.41) is 0.723. The van der Waals surface area contributed by atoms with Crippen LogP contribution < -0.4 is 5.73 Å². The maximum Gasteiger partial charge on any atom is 0.0655 e. The number of pyridine rings is 2. The topological polar surface area (TPSA) is 64.2 Å². The van der Waals surface area contributed by atoms with E-state index in [2.05, 4.69) is 28.8 Å². The summed E-state index contributed by atoms with van der Waals surface area (Å²) in [7, 11) is 0. The smallest absolute Gasteiger partial charge is 0.0655 e. The minimum atomic E-state index is 0.526. The molecule has 122 valence electrons. The Balaban J connectivity index is 2.08. The van der Waals surface area contributed by atoms with Gasteiger partial charge in [0, 0.05) is 29.9 Å². The van der Waals surface area contributed by atoms with Crippen LogP contribution in [-0.4, -0.2) is 16.2 Å². The van der Waals surface area contributed by atoms with E-state index in [9.17, 15) is 0 Å². The maximum atomic E-state index is 6.29. The lowest BCUT2D eigenvalue weighted by atomic mass is 10.1. The normalized spacial score (nSPS) is 11.3. The van der Waals surface area contributed by atoms with Crippen molar-refractivity contribution in [3.8, 4) is 0 Å². The van der Waals surface area contributed by atoms with E-state index in [-0.39, 0.29) is 0 Å². The summed E-state index contributed by atoms with van der Waals surface area (Å²) in [4.78, 5) is 13.3. The average molecular weight is 331 g/mol. The molecule has 0 aliphatic carbocycles. The van der Waals surface area contributed by atoms with Crippen molar-refractivity contribution < 1.29 is 0 Å². The first kappa shape index (κ1) is 17.4. The predicted molar refractivity (Wildman–Crippen MR) is 97.2 cm³/mol. The molecule has 0 bridgehead atoms. The highest BCUT2D eigenvalue weighted by Gasteiger charge is 2.05. The molecule has 0 saturated carbocycles. The van der Waals surface area contributed by atoms with E-state index in [0.717, 1.165) is 53.2 Å². The second-order valence-corrected chi connectivity index (χ2v) is 5.87. The molecule has 5 heteroatoms. The number of aliphatic imine (C=N–C) groups is 1. The van der Waals surface area contributed by atoms with Crippen LogP contribution in [0.1, 0.15) is 49.2 Å². The number of aromatic nitrogens is 2. The second kappa shape index (κ2) is 8.63. The third kappa shape index (κ3) is 4.76. The van der Waals surface area contributed by atoms with Gasteiger partial charge in [-0.05, 0) is 37.0 Å². The largest absolute Gasteiger partial charge is 0.398 e. The number of hydrogen-bond donors (Lipinski definition) is 1. The summed E-state index contributed by atoms with van der Waals surface area (Å²) < 4.78 is 0. The third-order valence-electron chi connectivity index (χ3n) is 3.68. The number of rotatable bonds is 7. The third-order valence-corrected chi connectivity index (χ3v) is 4.00. The molecule has 0 atom stereocenters. The summed E-state index contributed by atoms with van der Waals surface area (Å²) in [5.74, 6) is 0. The minimum absolute atomic E-state index is 0.526. The lowest BCUT2D eigenvalue weighted by Gasteiger charge is -2.06. The van der Waals surface area contributed by atoms with Crippen LogP contribution >= 0.6 is 11.6 Å². The fourth-order valence-electron chi connectivity index (χ4n) is 2.33. The Morgan fingerprint density at radius 3 is 2.78 bits per heavy atom. The number of halogens is 1. The van der Waals surface area contributed by atoms with Gasteiger partial charge in [0.05, 0.1) is 23.0 Å². The van der Waals surface area contributed by atoms with Crippen molar-refractivity contribution in [2.24, 2.45) is 4.99 Å². The molecule has 0 amide bonds. The molecule has 0 aromatic carbocycles. The van der Waals surface area contributed by atoms with Crippen LogP contribution in [0.3, 0.4) is 0 Å². The number of aryl methyl sites for hydroxylation is 2. The van der Waals surface area contributed by atoms with Crippen molar-refractivity contribution in [1.82, 2.24) is 9.97 Å². The van der Waals surface area contributed by atoms with E-state index >= 15 is 0 Å². The number of hydrogen-bond acceptors (Lipinski definition) is 4. The highest BCUT2D eigenvalue weighted by atomic mass is 35.5. The highest BCUT2D eigenvalue weighted by Crippen LogP contribution is 2.18. The molecule has 4 nitrogen and oxygen atoms in total. The Bertz CT molecular complexity index is 683. The lowest BCUT2D eigenvalue weighted by Crippen LogP contribution is -2.01. The van der Waals surface area contributed by atoms with E-state index < -0.39 is 0 Å². The molecule has 0 spiro atoms. The maximum absolute atomic E-state index is 6.29. The van der Waals surface area contributed by atoms with Crippen LogP contribution in [0.4, 0.5) is 5.69 Å². The first-order chi connectivity index (χ1) is 11.2. The standard InChI is InChI=1S/C18H23ClN4/c1-3-5-6-18-15(19)9-13(11-23-18)10-21-12-14-16(20)7-8-22-17(14)4-2/h7-9,11-12H,3-6,10H2,1-2H3,(H2,20,22). The number of anilines is 1. The fraction of sp³-hybridized carbons (Fsp3) is 0.389. The summed E-state index contributed by atoms with van der Waals surface area (Å²) in [5.41, 5.74) is 10.5. The first-order valence-corrected chi connectivity index (χ1v) is 8.40. The molecule has 0 aliphatic heterocycles. The fourth-order valence-corrected chi connectivity index (χ4v) is 2.61. The van der Waals surface area contributed by atoms with Crippen molar-refractivity contribution in [3.05, 3.63) is 52.1 Å². The summed E-state index contributed by atoms with van der Waals surface area (Å²) >= 11 is 6.29. The van der Waals surface area contributed by atoms with Gasteiger partial charge in [0.25, 0.3) is 0 Å². The lowest BCUT2D eigenvalue weighted by molar-refractivity contribution is 0.775. The summed E-state index contributed by atoms with van der Waals surface area (Å²) in [6.07, 6.45) is 9.35. The van der Waals surface area contributed by atoms with Crippen molar-refractivity contribution in [3.63, 3.8) is 0 Å². The molecule has 0 aliphatic rings. The van der Waals surface area contributed by atoms with Crippen LogP contribution in [0, 0.1) is 0 Å². The molecule has 2 aromatic heterocycles. The number of nitrogens with two attached hydrogens (primary N) is 1. The average Bonchev–Trinajstić information content (AvgIpc) is 2.55. The van der Waals surface area contributed by atoms with E-state index in [1.54, 1.807) is 18.5 Å². The SMILES string of the molecule is CCCCc1ncc(CN=Cc2c(N)ccnc2CC)cc1Cl. The van der Waals surface area contributed by atoms with Gasteiger partial charge in [-0.2, -0.15) is 0 Å². The molecular formula is C18H23ClN4.